The molecule has 0 bridgehead atoms. The Kier molecular flexibility index (Phi) is 5.92. The van der Waals surface area contributed by atoms with E-state index in [4.69, 9.17) is 10.5 Å². The van der Waals surface area contributed by atoms with Gasteiger partial charge in [0.25, 0.3) is 0 Å². The highest BCUT2D eigenvalue weighted by Crippen LogP contribution is 2.25. The zero-order valence-corrected chi connectivity index (χ0v) is 11.4. The first-order chi connectivity index (χ1) is 9.47. The highest BCUT2D eigenvalue weighted by molar-refractivity contribution is 5.85. The van der Waals surface area contributed by atoms with Gasteiger partial charge in [-0.25, -0.2) is 4.39 Å². The highest BCUT2D eigenvalue weighted by atomic mass is 19.1. The van der Waals surface area contributed by atoms with Crippen molar-refractivity contribution in [2.24, 2.45) is 5.73 Å². The first kappa shape index (κ1) is 15.9. The van der Waals surface area contributed by atoms with Crippen LogP contribution in [0.15, 0.2) is 18.2 Å². The predicted molar refractivity (Wildman–Crippen MR) is 71.6 cm³/mol. The van der Waals surface area contributed by atoms with E-state index >= 15 is 0 Å². The normalized spacial score (nSPS) is 11.6. The minimum atomic E-state index is -0.456. The van der Waals surface area contributed by atoms with Crippen molar-refractivity contribution in [3.8, 4) is 5.75 Å². The van der Waals surface area contributed by atoms with Gasteiger partial charge in [-0.3, -0.25) is 9.59 Å². The van der Waals surface area contributed by atoms with Crippen LogP contribution < -0.4 is 21.1 Å². The Labute approximate surface area is 116 Å². The molecule has 1 atom stereocenters. The van der Waals surface area contributed by atoms with Crippen molar-refractivity contribution in [1.82, 2.24) is 10.6 Å². The summed E-state index contributed by atoms with van der Waals surface area (Å²) < 4.78 is 18.4. The Morgan fingerprint density at radius 1 is 1.40 bits per heavy atom. The molecular weight excluding hydrogens is 265 g/mol. The third-order valence-electron chi connectivity index (χ3n) is 2.67. The second-order valence-electron chi connectivity index (χ2n) is 4.16. The summed E-state index contributed by atoms with van der Waals surface area (Å²) in [5, 5.41) is 4.98. The van der Waals surface area contributed by atoms with Gasteiger partial charge in [0.15, 0.2) is 0 Å². The number of ether oxygens (including phenoxy) is 1. The number of halogens is 1. The summed E-state index contributed by atoms with van der Waals surface area (Å²) in [6, 6.07) is 3.60. The molecule has 1 rings (SSSR count). The number of benzene rings is 1. The average molecular weight is 283 g/mol. The number of hydrogen-bond donors (Lipinski definition) is 3. The number of methoxy groups -OCH3 is 1. The molecule has 0 saturated carbocycles. The van der Waals surface area contributed by atoms with Crippen LogP contribution in [-0.4, -0.2) is 32.0 Å². The van der Waals surface area contributed by atoms with Gasteiger partial charge in [0.1, 0.15) is 11.6 Å². The topological polar surface area (TPSA) is 93.5 Å². The molecule has 7 heteroatoms. The SMILES string of the molecule is COc1ccc(F)cc1C(C)NC(=O)CNC(=O)CN. The van der Waals surface area contributed by atoms with Gasteiger partial charge in [0.05, 0.1) is 26.2 Å². The van der Waals surface area contributed by atoms with Crippen molar-refractivity contribution in [2.75, 3.05) is 20.2 Å². The molecule has 1 aromatic carbocycles. The Balaban J connectivity index is 2.66. The monoisotopic (exact) mass is 283 g/mol. The average Bonchev–Trinajstić information content (AvgIpc) is 2.44. The van der Waals surface area contributed by atoms with Crippen LogP contribution in [0.5, 0.6) is 5.75 Å². The number of hydrogen-bond acceptors (Lipinski definition) is 4. The van der Waals surface area contributed by atoms with Crippen molar-refractivity contribution >= 4 is 11.8 Å². The summed E-state index contributed by atoms with van der Waals surface area (Å²) in [5.74, 6) is -0.759. The van der Waals surface area contributed by atoms with Crippen LogP contribution in [0.3, 0.4) is 0 Å². The second-order valence-corrected chi connectivity index (χ2v) is 4.16. The molecule has 0 heterocycles. The zero-order chi connectivity index (χ0) is 15.1. The maximum absolute atomic E-state index is 13.2. The number of carbonyl (C=O) groups is 2. The molecule has 0 aliphatic heterocycles. The fourth-order valence-corrected chi connectivity index (χ4v) is 1.66. The van der Waals surface area contributed by atoms with Gasteiger partial charge in [0.2, 0.25) is 11.8 Å². The molecule has 0 aliphatic rings. The summed E-state index contributed by atoms with van der Waals surface area (Å²) in [4.78, 5) is 22.6. The van der Waals surface area contributed by atoms with Crippen LogP contribution in [-0.2, 0) is 9.59 Å². The Morgan fingerprint density at radius 3 is 2.70 bits per heavy atom. The number of carbonyl (C=O) groups excluding carboxylic acids is 2. The summed E-state index contributed by atoms with van der Waals surface area (Å²) in [5.41, 5.74) is 5.62. The van der Waals surface area contributed by atoms with Crippen LogP contribution in [0.2, 0.25) is 0 Å². The van der Waals surface area contributed by atoms with E-state index in [0.29, 0.717) is 11.3 Å². The van der Waals surface area contributed by atoms with E-state index in [2.05, 4.69) is 10.6 Å². The molecule has 0 radical (unpaired) electrons. The van der Waals surface area contributed by atoms with Crippen molar-refractivity contribution in [3.63, 3.8) is 0 Å². The Hall–Kier alpha value is -2.15. The van der Waals surface area contributed by atoms with E-state index in [1.54, 1.807) is 6.92 Å². The van der Waals surface area contributed by atoms with E-state index in [1.807, 2.05) is 0 Å². The third kappa shape index (κ3) is 4.51. The fourth-order valence-electron chi connectivity index (χ4n) is 1.66. The molecule has 0 aromatic heterocycles. The maximum atomic E-state index is 13.2. The van der Waals surface area contributed by atoms with E-state index in [1.165, 1.54) is 25.3 Å². The number of rotatable bonds is 6. The molecule has 0 spiro atoms. The van der Waals surface area contributed by atoms with Gasteiger partial charge >= 0.3 is 0 Å². The van der Waals surface area contributed by atoms with Crippen molar-refractivity contribution in [2.45, 2.75) is 13.0 Å². The smallest absolute Gasteiger partial charge is 0.239 e. The van der Waals surface area contributed by atoms with Crippen LogP contribution in [0.4, 0.5) is 4.39 Å². The van der Waals surface area contributed by atoms with Crippen LogP contribution >= 0.6 is 0 Å². The minimum absolute atomic E-state index is 0.180. The molecule has 1 unspecified atom stereocenters. The van der Waals surface area contributed by atoms with E-state index in [-0.39, 0.29) is 13.1 Å². The van der Waals surface area contributed by atoms with Gasteiger partial charge in [-0.2, -0.15) is 0 Å². The quantitative estimate of drug-likeness (QED) is 0.689. The lowest BCUT2D eigenvalue weighted by Gasteiger charge is -2.17. The number of nitrogens with one attached hydrogen (secondary N) is 2. The lowest BCUT2D eigenvalue weighted by molar-refractivity contribution is -0.125. The van der Waals surface area contributed by atoms with Gasteiger partial charge in [-0.05, 0) is 25.1 Å². The lowest BCUT2D eigenvalue weighted by atomic mass is 10.1. The summed E-state index contributed by atoms with van der Waals surface area (Å²) in [7, 11) is 1.47. The standard InChI is InChI=1S/C13H18FN3O3/c1-8(17-13(19)7-16-12(18)6-15)10-5-9(14)3-4-11(10)20-2/h3-5,8H,6-7,15H2,1-2H3,(H,16,18)(H,17,19). The second kappa shape index (κ2) is 7.44. The van der Waals surface area contributed by atoms with Gasteiger partial charge < -0.3 is 21.1 Å². The van der Waals surface area contributed by atoms with Gasteiger partial charge in [0, 0.05) is 5.56 Å². The molecule has 0 saturated heterocycles. The van der Waals surface area contributed by atoms with E-state index < -0.39 is 23.7 Å². The predicted octanol–water partition coefficient (Wildman–Crippen LogP) is 0.0864. The van der Waals surface area contributed by atoms with Gasteiger partial charge in [-0.1, -0.05) is 0 Å². The zero-order valence-electron chi connectivity index (χ0n) is 11.4. The van der Waals surface area contributed by atoms with Crippen LogP contribution in [0.25, 0.3) is 0 Å². The maximum Gasteiger partial charge on any atom is 0.239 e. The van der Waals surface area contributed by atoms with Crippen LogP contribution in [0.1, 0.15) is 18.5 Å². The van der Waals surface area contributed by atoms with Crippen molar-refractivity contribution in [3.05, 3.63) is 29.6 Å². The minimum Gasteiger partial charge on any atom is -0.496 e. The highest BCUT2D eigenvalue weighted by Gasteiger charge is 2.15. The van der Waals surface area contributed by atoms with E-state index in [0.717, 1.165) is 0 Å². The molecule has 2 amide bonds. The van der Waals surface area contributed by atoms with E-state index in [9.17, 15) is 14.0 Å². The molecule has 6 nitrogen and oxygen atoms in total. The first-order valence-corrected chi connectivity index (χ1v) is 6.07. The van der Waals surface area contributed by atoms with Crippen LogP contribution in [0, 0.1) is 5.82 Å². The molecule has 1 aromatic rings. The lowest BCUT2D eigenvalue weighted by Crippen LogP contribution is -2.40. The third-order valence-corrected chi connectivity index (χ3v) is 2.67. The first-order valence-electron chi connectivity index (χ1n) is 6.07. The summed E-state index contributed by atoms with van der Waals surface area (Å²) in [6.07, 6.45) is 0. The molecule has 110 valence electrons. The van der Waals surface area contributed by atoms with Gasteiger partial charge in [-0.15, -0.1) is 0 Å². The number of nitrogens with two attached hydrogens (primary N) is 1. The Bertz CT molecular complexity index is 494. The van der Waals surface area contributed by atoms with Crippen molar-refractivity contribution in [1.29, 1.82) is 0 Å². The van der Waals surface area contributed by atoms with Crippen molar-refractivity contribution < 1.29 is 18.7 Å². The fraction of sp³-hybridized carbons (Fsp3) is 0.385. The summed E-state index contributed by atoms with van der Waals surface area (Å²) in [6.45, 7) is 1.33. The molecular formula is C13H18FN3O3. The molecule has 0 aliphatic carbocycles. The summed E-state index contributed by atoms with van der Waals surface area (Å²) >= 11 is 0. The largest absolute Gasteiger partial charge is 0.496 e. The molecule has 4 N–H and O–H groups in total. The Morgan fingerprint density at radius 2 is 2.10 bits per heavy atom. The molecule has 0 fully saturated rings. The molecule has 20 heavy (non-hydrogen) atoms. The number of amides is 2.